The molecule has 4 aromatic rings. The molecule has 0 saturated heterocycles. The van der Waals surface area contributed by atoms with Gasteiger partial charge in [0.1, 0.15) is 28.8 Å². The number of carbonyl (C=O) groups excluding carboxylic acids is 2. The Balaban J connectivity index is 1.50. The number of hydrogen-bond donors (Lipinski definition) is 3. The SMILES string of the molecule is CNC(=O)c1cc(Oc2ccc(NC(=O)Nc3cc(C(C)(C)C)nn3-c3ccc(F)cc3)cc2C)ccn1. The summed E-state index contributed by atoms with van der Waals surface area (Å²) >= 11 is 0. The zero-order valence-corrected chi connectivity index (χ0v) is 21.8. The molecule has 9 nitrogen and oxygen atoms in total. The lowest BCUT2D eigenvalue weighted by atomic mass is 9.92. The van der Waals surface area contributed by atoms with Crippen LogP contribution in [0, 0.1) is 12.7 Å². The number of benzene rings is 2. The second kappa shape index (κ2) is 10.7. The van der Waals surface area contributed by atoms with Gasteiger partial charge in [0.05, 0.1) is 11.4 Å². The van der Waals surface area contributed by atoms with Gasteiger partial charge in [0.15, 0.2) is 0 Å². The highest BCUT2D eigenvalue weighted by atomic mass is 19.1. The van der Waals surface area contributed by atoms with Gasteiger partial charge in [-0.2, -0.15) is 5.10 Å². The Labute approximate surface area is 220 Å². The van der Waals surface area contributed by atoms with Crippen LogP contribution in [-0.2, 0) is 5.41 Å². The molecule has 0 saturated carbocycles. The van der Waals surface area contributed by atoms with Gasteiger partial charge in [-0.3, -0.25) is 15.1 Å². The second-order valence-electron chi connectivity index (χ2n) is 9.67. The molecule has 3 N–H and O–H groups in total. The first kappa shape index (κ1) is 26.3. The van der Waals surface area contributed by atoms with Gasteiger partial charge in [0, 0.05) is 36.5 Å². The smallest absolute Gasteiger partial charge is 0.324 e. The average Bonchev–Trinajstić information content (AvgIpc) is 3.30. The van der Waals surface area contributed by atoms with Crippen molar-refractivity contribution in [1.29, 1.82) is 0 Å². The van der Waals surface area contributed by atoms with Crippen LogP contribution in [0.2, 0.25) is 0 Å². The van der Waals surface area contributed by atoms with Crippen molar-refractivity contribution >= 4 is 23.4 Å². The first-order chi connectivity index (χ1) is 18.0. The number of nitrogens with zero attached hydrogens (tertiary/aromatic N) is 3. The van der Waals surface area contributed by atoms with Gasteiger partial charge >= 0.3 is 6.03 Å². The fraction of sp³-hybridized carbons (Fsp3) is 0.214. The molecule has 0 spiro atoms. The van der Waals surface area contributed by atoms with Crippen molar-refractivity contribution in [3.05, 3.63) is 89.6 Å². The van der Waals surface area contributed by atoms with E-state index in [2.05, 4.69) is 26.0 Å². The van der Waals surface area contributed by atoms with E-state index in [1.165, 1.54) is 25.4 Å². The first-order valence-corrected chi connectivity index (χ1v) is 11.9. The number of aryl methyl sites for hydroxylation is 1. The van der Waals surface area contributed by atoms with Gasteiger partial charge in [-0.05, 0) is 61.0 Å². The minimum atomic E-state index is -0.467. The van der Waals surface area contributed by atoms with Crippen molar-refractivity contribution in [3.8, 4) is 17.2 Å². The van der Waals surface area contributed by atoms with E-state index >= 15 is 0 Å². The summed E-state index contributed by atoms with van der Waals surface area (Å²) in [6.07, 6.45) is 1.50. The number of hydrogen-bond acceptors (Lipinski definition) is 5. The third-order valence-electron chi connectivity index (χ3n) is 5.64. The number of ether oxygens (including phenoxy) is 1. The topological polar surface area (TPSA) is 110 Å². The van der Waals surface area contributed by atoms with E-state index in [0.29, 0.717) is 28.7 Å². The van der Waals surface area contributed by atoms with Crippen LogP contribution in [0.15, 0.2) is 66.9 Å². The molecule has 0 unspecified atom stereocenters. The molecule has 0 atom stereocenters. The number of halogens is 1. The molecule has 2 aromatic carbocycles. The van der Waals surface area contributed by atoms with Crippen molar-refractivity contribution in [3.63, 3.8) is 0 Å². The van der Waals surface area contributed by atoms with Crippen molar-refractivity contribution in [2.24, 2.45) is 0 Å². The lowest BCUT2D eigenvalue weighted by Crippen LogP contribution is -2.21. The monoisotopic (exact) mass is 516 g/mol. The third-order valence-corrected chi connectivity index (χ3v) is 5.64. The summed E-state index contributed by atoms with van der Waals surface area (Å²) in [5.74, 6) is 0.800. The summed E-state index contributed by atoms with van der Waals surface area (Å²) in [5, 5.41) is 12.8. The molecule has 0 bridgehead atoms. The molecule has 2 heterocycles. The van der Waals surface area contributed by atoms with Crippen LogP contribution in [0.25, 0.3) is 5.69 Å². The zero-order valence-electron chi connectivity index (χ0n) is 21.8. The molecular formula is C28H29FN6O3. The minimum absolute atomic E-state index is 0.243. The molecular weight excluding hydrogens is 487 g/mol. The van der Waals surface area contributed by atoms with E-state index in [1.807, 2.05) is 27.7 Å². The number of aromatic nitrogens is 3. The van der Waals surface area contributed by atoms with Gasteiger partial charge in [0.2, 0.25) is 0 Å². The summed E-state index contributed by atoms with van der Waals surface area (Å²) in [7, 11) is 1.53. The second-order valence-corrected chi connectivity index (χ2v) is 9.67. The fourth-order valence-electron chi connectivity index (χ4n) is 3.59. The number of anilines is 2. The maximum Gasteiger partial charge on any atom is 0.324 e. The highest BCUT2D eigenvalue weighted by molar-refractivity contribution is 5.99. The van der Waals surface area contributed by atoms with E-state index in [9.17, 15) is 14.0 Å². The molecule has 0 aliphatic heterocycles. The Morgan fingerprint density at radius 3 is 2.37 bits per heavy atom. The van der Waals surface area contributed by atoms with Crippen LogP contribution in [0.1, 0.15) is 42.5 Å². The molecule has 3 amide bonds. The molecule has 196 valence electrons. The Morgan fingerprint density at radius 1 is 0.974 bits per heavy atom. The standard InChI is InChI=1S/C28H29FN6O3/c1-17-14-19(8-11-23(17)38-21-12-13-31-22(15-21)26(36)30-5)32-27(37)33-25-16-24(28(2,3)4)34-35(25)20-9-6-18(29)7-10-20/h6-16H,1-5H3,(H,30,36)(H2,32,33,37). The van der Waals surface area contributed by atoms with Gasteiger partial charge in [-0.1, -0.05) is 20.8 Å². The molecule has 0 aliphatic rings. The molecule has 0 radical (unpaired) electrons. The number of nitrogens with one attached hydrogen (secondary N) is 3. The number of amides is 3. The summed E-state index contributed by atoms with van der Waals surface area (Å²) < 4.78 is 21.0. The van der Waals surface area contributed by atoms with Gasteiger partial charge < -0.3 is 15.4 Å². The number of pyridine rings is 1. The van der Waals surface area contributed by atoms with E-state index in [4.69, 9.17) is 4.74 Å². The van der Waals surface area contributed by atoms with Crippen LogP contribution >= 0.6 is 0 Å². The fourth-order valence-corrected chi connectivity index (χ4v) is 3.59. The van der Waals surface area contributed by atoms with Gasteiger partial charge in [-0.25, -0.2) is 13.9 Å². The summed E-state index contributed by atoms with van der Waals surface area (Å²) in [5.41, 5.74) is 2.69. The number of rotatable bonds is 6. The highest BCUT2D eigenvalue weighted by Crippen LogP contribution is 2.29. The summed E-state index contributed by atoms with van der Waals surface area (Å²) in [4.78, 5) is 28.8. The minimum Gasteiger partial charge on any atom is -0.457 e. The highest BCUT2D eigenvalue weighted by Gasteiger charge is 2.22. The quantitative estimate of drug-likeness (QED) is 0.300. The molecule has 0 fully saturated rings. The van der Waals surface area contributed by atoms with Crippen molar-refractivity contribution in [1.82, 2.24) is 20.1 Å². The third kappa shape index (κ3) is 6.15. The Bertz CT molecular complexity index is 1470. The van der Waals surface area contributed by atoms with Crippen LogP contribution < -0.4 is 20.7 Å². The van der Waals surface area contributed by atoms with Crippen LogP contribution in [-0.4, -0.2) is 33.8 Å². The maximum absolute atomic E-state index is 13.5. The maximum atomic E-state index is 13.5. The molecule has 38 heavy (non-hydrogen) atoms. The number of urea groups is 1. The van der Waals surface area contributed by atoms with E-state index < -0.39 is 6.03 Å². The molecule has 10 heteroatoms. The molecule has 4 rings (SSSR count). The van der Waals surface area contributed by atoms with Crippen molar-refractivity contribution in [2.75, 3.05) is 17.7 Å². The Morgan fingerprint density at radius 2 is 1.71 bits per heavy atom. The van der Waals surface area contributed by atoms with Gasteiger partial charge in [-0.15, -0.1) is 0 Å². The average molecular weight is 517 g/mol. The predicted molar refractivity (Wildman–Crippen MR) is 144 cm³/mol. The summed E-state index contributed by atoms with van der Waals surface area (Å²) in [6.45, 7) is 7.90. The largest absolute Gasteiger partial charge is 0.457 e. The van der Waals surface area contributed by atoms with E-state index in [1.54, 1.807) is 53.2 Å². The van der Waals surface area contributed by atoms with E-state index in [-0.39, 0.29) is 22.8 Å². The lowest BCUT2D eigenvalue weighted by molar-refractivity contribution is 0.0957. The van der Waals surface area contributed by atoms with Gasteiger partial charge in [0.25, 0.3) is 5.91 Å². The lowest BCUT2D eigenvalue weighted by Gasteiger charge is -2.14. The molecule has 2 aromatic heterocycles. The van der Waals surface area contributed by atoms with Crippen molar-refractivity contribution in [2.45, 2.75) is 33.1 Å². The Hall–Kier alpha value is -4.73. The zero-order chi connectivity index (χ0) is 27.4. The Kier molecular flexibility index (Phi) is 7.43. The first-order valence-electron chi connectivity index (χ1n) is 11.9. The van der Waals surface area contributed by atoms with Crippen LogP contribution in [0.4, 0.5) is 20.7 Å². The molecule has 0 aliphatic carbocycles. The van der Waals surface area contributed by atoms with E-state index in [0.717, 1.165) is 11.3 Å². The van der Waals surface area contributed by atoms with Crippen molar-refractivity contribution < 1.29 is 18.7 Å². The number of carbonyl (C=O) groups is 2. The van der Waals surface area contributed by atoms with Crippen LogP contribution in [0.3, 0.4) is 0 Å². The predicted octanol–water partition coefficient (Wildman–Crippen LogP) is 5.81. The normalized spacial score (nSPS) is 11.1. The summed E-state index contributed by atoms with van der Waals surface area (Å²) in [6, 6.07) is 15.6. The van der Waals surface area contributed by atoms with Crippen LogP contribution in [0.5, 0.6) is 11.5 Å².